The number of unbranched alkanes of at least 4 members (excludes halogenated alkanes) is 24. The first-order chi connectivity index (χ1) is 35.5. The maximum atomic E-state index is 14.5. The van der Waals surface area contributed by atoms with Crippen molar-refractivity contribution in [1.29, 1.82) is 0 Å². The number of ether oxygens (including phenoxy) is 2. The maximum Gasteiger partial charge on any atom is 0.407 e. The Kier molecular flexibility index (Phi) is 26.2. The number of aliphatic hydroxyl groups is 2. The van der Waals surface area contributed by atoms with Gasteiger partial charge in [0.1, 0.15) is 24.9 Å². The zero-order valence-electron chi connectivity index (χ0n) is 44.2. The normalized spacial score (nSPS) is 18.5. The van der Waals surface area contributed by atoms with Gasteiger partial charge in [-0.3, -0.25) is 28.7 Å². The molecular formula is C59H88N4O10. The van der Waals surface area contributed by atoms with Crippen LogP contribution in [0.2, 0.25) is 0 Å². The molecule has 0 spiro atoms. The van der Waals surface area contributed by atoms with Gasteiger partial charge in [0.2, 0.25) is 5.91 Å². The molecule has 1 unspecified atom stereocenters. The lowest BCUT2D eigenvalue weighted by molar-refractivity contribution is -0.161. The number of aromatic nitrogens is 2. The molecule has 1 aliphatic carbocycles. The lowest BCUT2D eigenvalue weighted by atomic mass is 9.80. The molecule has 1 aromatic heterocycles. The molecule has 1 saturated heterocycles. The van der Waals surface area contributed by atoms with Crippen LogP contribution in [0, 0.1) is 0 Å². The van der Waals surface area contributed by atoms with E-state index in [4.69, 9.17) is 9.47 Å². The van der Waals surface area contributed by atoms with Crippen molar-refractivity contribution in [3.05, 3.63) is 92.8 Å². The van der Waals surface area contributed by atoms with Gasteiger partial charge >= 0.3 is 11.8 Å². The molecule has 1 aliphatic heterocycles. The molecule has 2 aliphatic rings. The number of rotatable bonds is 38. The molecule has 2 amide bonds. The summed E-state index contributed by atoms with van der Waals surface area (Å²) >= 11 is 0. The van der Waals surface area contributed by atoms with Gasteiger partial charge in [0.25, 0.3) is 5.56 Å². The minimum Gasteiger partial charge on any atom is -0.449 e. The highest BCUT2D eigenvalue weighted by Crippen LogP contribution is 2.45. The van der Waals surface area contributed by atoms with Gasteiger partial charge in [0.15, 0.2) is 23.4 Å². The summed E-state index contributed by atoms with van der Waals surface area (Å²) in [5.41, 5.74) is -0.0694. The zero-order valence-corrected chi connectivity index (χ0v) is 44.2. The van der Waals surface area contributed by atoms with E-state index < -0.39 is 64.9 Å². The summed E-state index contributed by atoms with van der Waals surface area (Å²) in [7, 11) is 0. The molecule has 0 bridgehead atoms. The molecule has 5 atom stereocenters. The maximum absolute atomic E-state index is 14.5. The second kappa shape index (κ2) is 32.4. The highest BCUT2D eigenvalue weighted by molar-refractivity contribution is 5.93. The molecule has 5 rings (SSSR count). The Labute approximate surface area is 434 Å². The smallest absolute Gasteiger partial charge is 0.407 e. The predicted molar refractivity (Wildman–Crippen MR) is 286 cm³/mol. The lowest BCUT2D eigenvalue weighted by Crippen LogP contribution is -2.64. The van der Waals surface area contributed by atoms with E-state index in [1.165, 1.54) is 96.3 Å². The number of fused-ring (bicyclic) bond motifs is 3. The zero-order chi connectivity index (χ0) is 52.3. The van der Waals surface area contributed by atoms with E-state index in [-0.39, 0.29) is 38.3 Å². The number of hydrogen-bond acceptors (Lipinski definition) is 10. The molecule has 3 aromatic rings. The van der Waals surface area contributed by atoms with Crippen LogP contribution in [0.3, 0.4) is 0 Å². The van der Waals surface area contributed by atoms with Crippen molar-refractivity contribution < 1.29 is 38.9 Å². The number of hydrogen-bond donors (Lipinski definition) is 5. The topological polar surface area (TPSA) is 206 Å². The largest absolute Gasteiger partial charge is 0.449 e. The second-order valence-electron chi connectivity index (χ2n) is 20.7. The Morgan fingerprint density at radius 2 is 1.12 bits per heavy atom. The Bertz CT molecular complexity index is 2210. The van der Waals surface area contributed by atoms with E-state index in [0.717, 1.165) is 90.5 Å². The van der Waals surface area contributed by atoms with E-state index in [0.29, 0.717) is 19.3 Å². The molecular weight excluding hydrogens is 925 g/mol. The van der Waals surface area contributed by atoms with Crippen molar-refractivity contribution in [3.8, 4) is 11.1 Å². The van der Waals surface area contributed by atoms with Crippen molar-refractivity contribution >= 4 is 23.6 Å². The van der Waals surface area contributed by atoms with Crippen molar-refractivity contribution in [2.75, 3.05) is 13.2 Å². The van der Waals surface area contributed by atoms with Gasteiger partial charge in [0.05, 0.1) is 0 Å². The Morgan fingerprint density at radius 1 is 0.658 bits per heavy atom. The Hall–Kier alpha value is -4.92. The molecule has 2 heterocycles. The number of Topliss-reactive ketones (excluding diaryl/α,β-unsaturated/α-hetero) is 2. The molecule has 14 nitrogen and oxygen atoms in total. The van der Waals surface area contributed by atoms with E-state index in [1.807, 2.05) is 48.5 Å². The van der Waals surface area contributed by atoms with Crippen molar-refractivity contribution in [2.45, 2.75) is 236 Å². The molecule has 73 heavy (non-hydrogen) atoms. The third-order valence-electron chi connectivity index (χ3n) is 15.0. The summed E-state index contributed by atoms with van der Waals surface area (Å²) in [6, 6.07) is 15.3. The number of nitrogens with zero attached hydrogens (tertiary/aromatic N) is 1. The number of carbonyl (C=O) groups excluding carboxylic acids is 4. The predicted octanol–water partition coefficient (Wildman–Crippen LogP) is 11.0. The number of nitrogens with one attached hydrogen (secondary N) is 3. The van der Waals surface area contributed by atoms with Crippen LogP contribution in [0.15, 0.2) is 70.4 Å². The number of ketones is 2. The summed E-state index contributed by atoms with van der Waals surface area (Å²) in [5.74, 6) is -2.28. The fourth-order valence-corrected chi connectivity index (χ4v) is 10.7. The summed E-state index contributed by atoms with van der Waals surface area (Å²) in [6.07, 6.45) is 23.0. The molecule has 0 radical (unpaired) electrons. The van der Waals surface area contributed by atoms with E-state index in [1.54, 1.807) is 0 Å². The molecule has 0 saturated carbocycles. The van der Waals surface area contributed by atoms with Gasteiger partial charge in [-0.15, -0.1) is 0 Å². The highest BCUT2D eigenvalue weighted by Gasteiger charge is 2.64. The third kappa shape index (κ3) is 18.2. The Balaban J connectivity index is 1.21. The number of aromatic amines is 1. The summed E-state index contributed by atoms with van der Waals surface area (Å²) in [6.45, 7) is 4.33. The van der Waals surface area contributed by atoms with E-state index in [9.17, 15) is 39.0 Å². The van der Waals surface area contributed by atoms with Gasteiger partial charge in [-0.05, 0) is 35.1 Å². The summed E-state index contributed by atoms with van der Waals surface area (Å²) in [4.78, 5) is 82.8. The SMILES string of the molecule is CCCCCCCCCCCCCCCC(=O)C(O)[C@H]1O[C@@H](n2ccc(=O)[nH]c2=O)[C@H](NC(=O)CCNC(=O)OCC2c3ccccc3-c3ccccc32)[C@@]1(O)C(=O)CCCCCCCCCCCCCCC. The van der Waals surface area contributed by atoms with Gasteiger partial charge in [-0.1, -0.05) is 216 Å². The van der Waals surface area contributed by atoms with E-state index >= 15 is 0 Å². The number of alkyl carbamates (subject to hydrolysis) is 1. The van der Waals surface area contributed by atoms with Crippen molar-refractivity contribution in [1.82, 2.24) is 20.2 Å². The van der Waals surface area contributed by atoms with Crippen LogP contribution in [0.5, 0.6) is 0 Å². The van der Waals surface area contributed by atoms with Crippen LogP contribution < -0.4 is 21.9 Å². The Morgan fingerprint density at radius 3 is 1.62 bits per heavy atom. The summed E-state index contributed by atoms with van der Waals surface area (Å²) < 4.78 is 12.8. The van der Waals surface area contributed by atoms with E-state index in [2.05, 4.69) is 29.5 Å². The number of aliphatic hydroxyl groups excluding tert-OH is 1. The van der Waals surface area contributed by atoms with Crippen LogP contribution >= 0.6 is 0 Å². The number of amides is 2. The number of benzene rings is 2. The lowest BCUT2D eigenvalue weighted by Gasteiger charge is -2.34. The van der Waals surface area contributed by atoms with Crippen LogP contribution in [0.4, 0.5) is 4.79 Å². The van der Waals surface area contributed by atoms with Gasteiger partial charge < -0.3 is 30.3 Å². The first-order valence-corrected chi connectivity index (χ1v) is 28.3. The molecule has 5 N–H and O–H groups in total. The molecule has 1 fully saturated rings. The first-order valence-electron chi connectivity index (χ1n) is 28.3. The summed E-state index contributed by atoms with van der Waals surface area (Å²) in [5, 5.41) is 29.8. The minimum absolute atomic E-state index is 0.0241. The number of carbonyl (C=O) groups is 4. The minimum atomic E-state index is -2.67. The van der Waals surface area contributed by atoms with Crippen LogP contribution in [0.25, 0.3) is 11.1 Å². The van der Waals surface area contributed by atoms with Crippen LogP contribution in [-0.2, 0) is 23.9 Å². The van der Waals surface area contributed by atoms with Crippen molar-refractivity contribution in [2.24, 2.45) is 0 Å². The van der Waals surface area contributed by atoms with Gasteiger partial charge in [0, 0.05) is 44.0 Å². The molecule has 404 valence electrons. The van der Waals surface area contributed by atoms with Crippen molar-refractivity contribution in [3.63, 3.8) is 0 Å². The standard InChI is InChI=1S/C59H88N4O10/c1-3-5-7-9-11-13-15-17-19-21-23-25-27-37-49(64)53(68)55-59(71,50(65)38-28-26-24-22-20-18-16-14-12-10-8-6-4-2)54(56(73-55)63-42-40-52(67)62-57(63)69)61-51(66)39-41-60-58(70)72-43-48-46-35-31-29-33-44(46)45-34-30-32-36-47(45)48/h29-36,40,42,48,53-56,68,71H,3-28,37-39,41,43H2,1-2H3,(H,60,70)(H,61,66)(H,62,67,69)/t53?,54-,55+,56+,59-/m0/s1. The fourth-order valence-electron chi connectivity index (χ4n) is 10.7. The van der Waals surface area contributed by atoms with Gasteiger partial charge in [-0.25, -0.2) is 9.59 Å². The van der Waals surface area contributed by atoms with Crippen LogP contribution in [0.1, 0.15) is 223 Å². The third-order valence-corrected chi connectivity index (χ3v) is 15.0. The fraction of sp³-hybridized carbons (Fsp3) is 0.661. The average Bonchev–Trinajstić information content (AvgIpc) is 3.86. The van der Waals surface area contributed by atoms with Gasteiger partial charge in [-0.2, -0.15) is 0 Å². The highest BCUT2D eigenvalue weighted by atomic mass is 16.6. The molecule has 2 aromatic carbocycles. The second-order valence-corrected chi connectivity index (χ2v) is 20.7. The number of H-pyrrole nitrogens is 1. The quantitative estimate of drug-likeness (QED) is 0.0343. The van der Waals surface area contributed by atoms with Crippen LogP contribution in [-0.4, -0.2) is 80.3 Å². The average molecular weight is 1010 g/mol. The first kappa shape index (κ1) is 59.0. The monoisotopic (exact) mass is 1010 g/mol. The molecule has 14 heteroatoms.